The second-order valence-electron chi connectivity index (χ2n) is 7.75. The van der Waals surface area contributed by atoms with Gasteiger partial charge in [-0.25, -0.2) is 8.42 Å². The first-order chi connectivity index (χ1) is 15.3. The van der Waals surface area contributed by atoms with Crippen LogP contribution in [0.3, 0.4) is 0 Å². The summed E-state index contributed by atoms with van der Waals surface area (Å²) in [7, 11) is -0.344. The molecule has 0 saturated carbocycles. The van der Waals surface area contributed by atoms with E-state index in [0.29, 0.717) is 12.1 Å². The Kier molecular flexibility index (Phi) is 9.44. The number of alkyl halides is 1. The molecule has 1 amide bonds. The molecule has 0 aromatic heterocycles. The maximum absolute atomic E-state index is 13.7. The fraction of sp³-hybridized carbons (Fsp3) is 0.381. The van der Waals surface area contributed by atoms with Gasteiger partial charge < -0.3 is 20.5 Å². The van der Waals surface area contributed by atoms with Crippen molar-refractivity contribution in [2.45, 2.75) is 43.5 Å². The lowest BCUT2D eigenvalue weighted by Crippen LogP contribution is -2.36. The van der Waals surface area contributed by atoms with Gasteiger partial charge in [-0.3, -0.25) is 9.52 Å². The van der Waals surface area contributed by atoms with Crippen molar-refractivity contribution in [2.24, 2.45) is 11.7 Å². The van der Waals surface area contributed by atoms with Gasteiger partial charge in [0.25, 0.3) is 15.4 Å². The van der Waals surface area contributed by atoms with E-state index in [4.69, 9.17) is 15.2 Å². The number of hydrogen-bond donors (Lipinski definition) is 3. The maximum atomic E-state index is 13.7. The van der Waals surface area contributed by atoms with Crippen molar-refractivity contribution in [1.29, 1.82) is 0 Å². The van der Waals surface area contributed by atoms with Gasteiger partial charge in [0.15, 0.2) is 0 Å². The first-order valence-corrected chi connectivity index (χ1v) is 12.9. The normalized spacial score (nSPS) is 12.8. The zero-order chi connectivity index (χ0) is 24.8. The van der Waals surface area contributed by atoms with Gasteiger partial charge in [-0.1, -0.05) is 19.9 Å². The summed E-state index contributed by atoms with van der Waals surface area (Å²) in [5.41, 5.74) is 6.44. The number of amides is 1. The van der Waals surface area contributed by atoms with Crippen molar-refractivity contribution in [3.05, 3.63) is 42.5 Å². The number of hydrogen-bond acceptors (Lipinski definition) is 6. The third-order valence-electron chi connectivity index (χ3n) is 4.22. The minimum Gasteiger partial charge on any atom is -0.492 e. The number of benzene rings is 2. The third-order valence-corrected chi connectivity index (χ3v) is 5.88. The molecule has 33 heavy (non-hydrogen) atoms. The minimum atomic E-state index is -4.08. The van der Waals surface area contributed by atoms with E-state index in [1.54, 1.807) is 6.92 Å². The van der Waals surface area contributed by atoms with Gasteiger partial charge in [0.05, 0.1) is 18.3 Å². The van der Waals surface area contributed by atoms with Crippen molar-refractivity contribution >= 4 is 45.8 Å². The highest BCUT2D eigenvalue weighted by Crippen LogP contribution is 2.34. The Morgan fingerprint density at radius 2 is 1.88 bits per heavy atom. The molecule has 0 saturated heterocycles. The number of nitrogens with two attached hydrogens (primary N) is 1. The predicted molar refractivity (Wildman–Crippen MR) is 135 cm³/mol. The highest BCUT2D eigenvalue weighted by atomic mass is 32.2. The van der Waals surface area contributed by atoms with Crippen LogP contribution in [-0.2, 0) is 14.8 Å². The van der Waals surface area contributed by atoms with Crippen LogP contribution < -0.4 is 25.2 Å². The fourth-order valence-corrected chi connectivity index (χ4v) is 4.39. The Labute approximate surface area is 198 Å². The zero-order valence-electron chi connectivity index (χ0n) is 18.7. The Bertz CT molecular complexity index is 1080. The molecular formula is C21H30FN3O5P2S. The number of sulfonamides is 1. The van der Waals surface area contributed by atoms with Crippen LogP contribution in [-0.4, -0.2) is 32.3 Å². The largest absolute Gasteiger partial charge is 0.492 e. The molecule has 0 heterocycles. The Hall–Kier alpha value is -1.99. The van der Waals surface area contributed by atoms with Gasteiger partial charge in [-0.2, -0.15) is 4.39 Å². The fourth-order valence-electron chi connectivity index (χ4n) is 2.94. The molecule has 12 heteroatoms. The molecular weight excluding hydrogens is 487 g/mol. The molecule has 0 aliphatic carbocycles. The Morgan fingerprint density at radius 3 is 2.48 bits per heavy atom. The van der Waals surface area contributed by atoms with Crippen molar-refractivity contribution in [1.82, 2.24) is 0 Å². The maximum Gasteiger partial charge on any atom is 0.270 e. The van der Waals surface area contributed by atoms with Crippen LogP contribution in [0.1, 0.15) is 27.2 Å². The van der Waals surface area contributed by atoms with E-state index in [0.717, 1.165) is 0 Å². The molecule has 2 rings (SSSR count). The number of carbonyl (C=O) groups is 1. The summed E-state index contributed by atoms with van der Waals surface area (Å²) in [5.74, 6) is 0.0679. The molecule has 0 radical (unpaired) electrons. The smallest absolute Gasteiger partial charge is 0.270 e. The summed E-state index contributed by atoms with van der Waals surface area (Å²) < 4.78 is 52.8. The van der Waals surface area contributed by atoms with Crippen molar-refractivity contribution in [2.75, 3.05) is 16.6 Å². The summed E-state index contributed by atoms with van der Waals surface area (Å²) in [6.07, 6.45) is 0.514. The van der Waals surface area contributed by atoms with E-state index in [1.807, 2.05) is 32.3 Å². The molecule has 0 spiro atoms. The number of anilines is 2. The first kappa shape index (κ1) is 27.3. The topological polar surface area (TPSA) is 120 Å². The van der Waals surface area contributed by atoms with Crippen molar-refractivity contribution in [3.63, 3.8) is 0 Å². The molecule has 2 unspecified atom stereocenters. The monoisotopic (exact) mass is 517 g/mol. The second kappa shape index (κ2) is 11.4. The third kappa shape index (κ3) is 8.70. The molecule has 3 atom stereocenters. The van der Waals surface area contributed by atoms with Gasteiger partial charge in [-0.15, -0.1) is 0 Å². The minimum absolute atomic E-state index is 0.0605. The molecule has 2 aromatic carbocycles. The highest BCUT2D eigenvalue weighted by Gasteiger charge is 2.23. The molecule has 8 nitrogen and oxygen atoms in total. The van der Waals surface area contributed by atoms with Crippen molar-refractivity contribution < 1.29 is 27.1 Å². The van der Waals surface area contributed by atoms with Gasteiger partial charge in [0.1, 0.15) is 16.4 Å². The van der Waals surface area contributed by atoms with Crippen LogP contribution in [0.15, 0.2) is 47.4 Å². The van der Waals surface area contributed by atoms with E-state index in [1.165, 1.54) is 42.5 Å². The van der Waals surface area contributed by atoms with Crippen LogP contribution in [0.4, 0.5) is 15.8 Å². The van der Waals surface area contributed by atoms with Gasteiger partial charge in [0, 0.05) is 17.8 Å². The number of halogens is 1. The Balaban J connectivity index is 2.27. The number of ether oxygens (including phenoxy) is 2. The van der Waals surface area contributed by atoms with Crippen LogP contribution in [0.2, 0.25) is 0 Å². The van der Waals surface area contributed by atoms with Gasteiger partial charge in [-0.05, 0) is 62.0 Å². The molecule has 0 fully saturated rings. The van der Waals surface area contributed by atoms with Crippen LogP contribution >= 0.6 is 18.5 Å². The average molecular weight is 518 g/mol. The number of nitrogens with one attached hydrogen (secondary N) is 2. The summed E-state index contributed by atoms with van der Waals surface area (Å²) in [6.45, 7) is 5.84. The lowest BCUT2D eigenvalue weighted by Gasteiger charge is -2.18. The quantitative estimate of drug-likeness (QED) is 0.389. The summed E-state index contributed by atoms with van der Waals surface area (Å²) in [6, 6.07) is 9.39. The SMILES string of the molecule is CCOc1cc(NC(=O)[C@@H](N)CC(C)C)ccc1S(=O)(=O)Nc1cccc(OC(F)(P)P)c1. The van der Waals surface area contributed by atoms with Crippen LogP contribution in [0.5, 0.6) is 11.5 Å². The Morgan fingerprint density at radius 1 is 1.18 bits per heavy atom. The lowest BCUT2D eigenvalue weighted by molar-refractivity contribution is -0.117. The summed E-state index contributed by atoms with van der Waals surface area (Å²) in [5, 5.41) is 0.603. The van der Waals surface area contributed by atoms with E-state index in [-0.39, 0.29) is 40.5 Å². The van der Waals surface area contributed by atoms with E-state index in [2.05, 4.69) is 10.0 Å². The van der Waals surface area contributed by atoms with Gasteiger partial charge in [0.2, 0.25) is 5.91 Å². The molecule has 4 N–H and O–H groups in total. The second-order valence-corrected chi connectivity index (χ2v) is 11.6. The molecule has 0 aliphatic heterocycles. The van der Waals surface area contributed by atoms with Crippen molar-refractivity contribution in [3.8, 4) is 11.5 Å². The molecule has 0 bridgehead atoms. The van der Waals surface area contributed by atoms with E-state index in [9.17, 15) is 17.6 Å². The first-order valence-electron chi connectivity index (χ1n) is 10.2. The summed E-state index contributed by atoms with van der Waals surface area (Å²) >= 11 is 0. The highest BCUT2D eigenvalue weighted by molar-refractivity contribution is 7.92. The van der Waals surface area contributed by atoms with Crippen LogP contribution in [0.25, 0.3) is 0 Å². The van der Waals surface area contributed by atoms with Gasteiger partial charge >= 0.3 is 0 Å². The average Bonchev–Trinajstić information content (AvgIpc) is 2.66. The molecule has 0 aliphatic rings. The molecule has 2 aromatic rings. The summed E-state index contributed by atoms with van der Waals surface area (Å²) in [4.78, 5) is 12.2. The molecule has 182 valence electrons. The van der Waals surface area contributed by atoms with Crippen LogP contribution in [0, 0.1) is 5.92 Å². The lowest BCUT2D eigenvalue weighted by atomic mass is 10.0. The number of carbonyl (C=O) groups excluding carboxylic acids is 1. The van der Waals surface area contributed by atoms with E-state index >= 15 is 0 Å². The van der Waals surface area contributed by atoms with E-state index < -0.39 is 21.4 Å². The standard InChI is InChI=1S/C21H30FN3O5P2S/c1-4-29-18-12-14(24-20(26)17(23)10-13(2)3)8-9-19(18)33(27,28)25-15-6-5-7-16(11-15)30-21(22,31)32/h5-9,11-13,17,25H,4,10,23,31-32H2,1-3H3,(H,24,26)/t17-/m0/s1. The number of rotatable bonds is 11. The predicted octanol–water partition coefficient (Wildman–Crippen LogP) is 3.91. The zero-order valence-corrected chi connectivity index (χ0v) is 21.8.